The summed E-state index contributed by atoms with van der Waals surface area (Å²) in [5.41, 5.74) is 2.98. The normalized spacial score (nSPS) is 17.6. The summed E-state index contributed by atoms with van der Waals surface area (Å²) in [6.07, 6.45) is 7.47. The summed E-state index contributed by atoms with van der Waals surface area (Å²) in [6.45, 7) is 4.55. The first-order valence-corrected chi connectivity index (χ1v) is 9.06. The van der Waals surface area contributed by atoms with Crippen molar-refractivity contribution in [2.75, 3.05) is 18.0 Å². The smallest absolute Gasteiger partial charge is 0.189 e. The fraction of sp³-hybridized carbons (Fsp3) is 0.350. The van der Waals surface area contributed by atoms with Gasteiger partial charge in [-0.05, 0) is 31.9 Å². The van der Waals surface area contributed by atoms with E-state index in [1.807, 2.05) is 31.3 Å². The van der Waals surface area contributed by atoms with Crippen LogP contribution in [-0.2, 0) is 6.54 Å². The van der Waals surface area contributed by atoms with Gasteiger partial charge >= 0.3 is 0 Å². The van der Waals surface area contributed by atoms with Crippen LogP contribution in [-0.4, -0.2) is 34.1 Å². The van der Waals surface area contributed by atoms with Crippen LogP contribution in [0.4, 0.5) is 5.82 Å². The van der Waals surface area contributed by atoms with E-state index in [4.69, 9.17) is 0 Å². The molecule has 4 rings (SSSR count). The van der Waals surface area contributed by atoms with Crippen molar-refractivity contribution in [2.45, 2.75) is 32.4 Å². The third-order valence-corrected chi connectivity index (χ3v) is 4.92. The molecule has 2 aromatic heterocycles. The van der Waals surface area contributed by atoms with Gasteiger partial charge in [-0.1, -0.05) is 11.6 Å². The standard InChI is InChI=1S/C20H23N5O/c1-14-4-5-18-17(9-14)19(26)10-16(24-18)11-23-15-3-2-8-25(13-15)20-12-21-6-7-22-20/h4-7,9-10,12,15,23H,2-3,8,11,13H2,1H3,(H,24,26)/t15-/m0/s1. The summed E-state index contributed by atoms with van der Waals surface area (Å²) in [5, 5.41) is 4.33. The van der Waals surface area contributed by atoms with E-state index in [1.165, 1.54) is 0 Å². The summed E-state index contributed by atoms with van der Waals surface area (Å²) in [4.78, 5) is 26.6. The summed E-state index contributed by atoms with van der Waals surface area (Å²) in [7, 11) is 0. The van der Waals surface area contributed by atoms with Crippen LogP contribution in [0, 0.1) is 6.92 Å². The Labute approximate surface area is 152 Å². The van der Waals surface area contributed by atoms with Gasteiger partial charge in [0, 0.05) is 60.7 Å². The monoisotopic (exact) mass is 349 g/mol. The van der Waals surface area contributed by atoms with Crippen LogP contribution in [0.25, 0.3) is 10.9 Å². The number of hydrogen-bond donors (Lipinski definition) is 2. The number of nitrogens with zero attached hydrogens (tertiary/aromatic N) is 3. The summed E-state index contributed by atoms with van der Waals surface area (Å²) in [5.74, 6) is 0.925. The first kappa shape index (κ1) is 16.7. The number of aromatic nitrogens is 3. The van der Waals surface area contributed by atoms with Gasteiger partial charge in [0.1, 0.15) is 5.82 Å². The number of aromatic amines is 1. The molecule has 1 aliphatic heterocycles. The van der Waals surface area contributed by atoms with Crippen molar-refractivity contribution in [3.05, 3.63) is 64.3 Å². The lowest BCUT2D eigenvalue weighted by atomic mass is 10.1. The molecule has 6 nitrogen and oxygen atoms in total. The molecular formula is C20H23N5O. The van der Waals surface area contributed by atoms with Gasteiger partial charge in [0.05, 0.1) is 6.20 Å². The molecule has 1 saturated heterocycles. The van der Waals surface area contributed by atoms with E-state index < -0.39 is 0 Å². The zero-order valence-corrected chi connectivity index (χ0v) is 14.9. The van der Waals surface area contributed by atoms with Crippen LogP contribution in [0.2, 0.25) is 0 Å². The average molecular weight is 349 g/mol. The number of piperidine rings is 1. The van der Waals surface area contributed by atoms with Gasteiger partial charge in [0.25, 0.3) is 0 Å². The molecule has 0 spiro atoms. The Kier molecular flexibility index (Phi) is 4.67. The quantitative estimate of drug-likeness (QED) is 0.756. The molecule has 0 amide bonds. The largest absolute Gasteiger partial charge is 0.357 e. The Bertz CT molecular complexity index is 953. The molecule has 2 N–H and O–H groups in total. The van der Waals surface area contributed by atoms with Gasteiger partial charge in [0.15, 0.2) is 5.43 Å². The highest BCUT2D eigenvalue weighted by atomic mass is 16.1. The molecule has 1 fully saturated rings. The van der Waals surface area contributed by atoms with Crippen LogP contribution in [0.5, 0.6) is 0 Å². The number of rotatable bonds is 4. The van der Waals surface area contributed by atoms with Crippen molar-refractivity contribution >= 4 is 16.7 Å². The van der Waals surface area contributed by atoms with Crippen molar-refractivity contribution in [1.82, 2.24) is 20.3 Å². The molecule has 1 aromatic carbocycles. The molecule has 0 unspecified atom stereocenters. The number of benzene rings is 1. The Hall–Kier alpha value is -2.73. The highest BCUT2D eigenvalue weighted by Gasteiger charge is 2.20. The Morgan fingerprint density at radius 1 is 1.31 bits per heavy atom. The van der Waals surface area contributed by atoms with Gasteiger partial charge in [0.2, 0.25) is 0 Å². The van der Waals surface area contributed by atoms with Crippen LogP contribution in [0.15, 0.2) is 47.7 Å². The molecule has 3 aromatic rings. The predicted octanol–water partition coefficient (Wildman–Crippen LogP) is 2.39. The molecule has 1 atom stereocenters. The van der Waals surface area contributed by atoms with Gasteiger partial charge in [-0.2, -0.15) is 0 Å². The third-order valence-electron chi connectivity index (χ3n) is 4.92. The lowest BCUT2D eigenvalue weighted by Crippen LogP contribution is -2.46. The minimum atomic E-state index is 0.0732. The van der Waals surface area contributed by atoms with Gasteiger partial charge in [-0.15, -0.1) is 0 Å². The van der Waals surface area contributed by atoms with E-state index in [2.05, 4.69) is 25.2 Å². The molecule has 0 saturated carbocycles. The topological polar surface area (TPSA) is 73.9 Å². The van der Waals surface area contributed by atoms with E-state index in [0.29, 0.717) is 12.6 Å². The zero-order chi connectivity index (χ0) is 17.9. The fourth-order valence-electron chi connectivity index (χ4n) is 3.57. The van der Waals surface area contributed by atoms with Gasteiger partial charge in [-0.3, -0.25) is 9.78 Å². The summed E-state index contributed by atoms with van der Waals surface area (Å²) < 4.78 is 0. The number of hydrogen-bond acceptors (Lipinski definition) is 5. The Morgan fingerprint density at radius 2 is 2.23 bits per heavy atom. The van der Waals surface area contributed by atoms with E-state index in [9.17, 15) is 4.79 Å². The number of aryl methyl sites for hydroxylation is 1. The van der Waals surface area contributed by atoms with E-state index in [1.54, 1.807) is 18.5 Å². The second-order valence-electron chi connectivity index (χ2n) is 6.94. The van der Waals surface area contributed by atoms with Crippen LogP contribution < -0.4 is 15.6 Å². The molecular weight excluding hydrogens is 326 g/mol. The fourth-order valence-corrected chi connectivity index (χ4v) is 3.57. The lowest BCUT2D eigenvalue weighted by Gasteiger charge is -2.33. The van der Waals surface area contributed by atoms with Crippen molar-refractivity contribution in [3.8, 4) is 0 Å². The number of pyridine rings is 1. The molecule has 6 heteroatoms. The van der Waals surface area contributed by atoms with Crippen LogP contribution >= 0.6 is 0 Å². The van der Waals surface area contributed by atoms with Crippen LogP contribution in [0.1, 0.15) is 24.1 Å². The zero-order valence-electron chi connectivity index (χ0n) is 14.9. The minimum Gasteiger partial charge on any atom is -0.357 e. The van der Waals surface area contributed by atoms with Crippen LogP contribution in [0.3, 0.4) is 0 Å². The molecule has 0 bridgehead atoms. The van der Waals surface area contributed by atoms with Gasteiger partial charge in [-0.25, -0.2) is 4.98 Å². The molecule has 134 valence electrons. The first-order valence-electron chi connectivity index (χ1n) is 9.06. The highest BCUT2D eigenvalue weighted by molar-refractivity contribution is 5.79. The van der Waals surface area contributed by atoms with Crippen molar-refractivity contribution in [3.63, 3.8) is 0 Å². The van der Waals surface area contributed by atoms with E-state index in [0.717, 1.165) is 53.9 Å². The van der Waals surface area contributed by atoms with Crippen molar-refractivity contribution in [1.29, 1.82) is 0 Å². The number of fused-ring (bicyclic) bond motifs is 1. The molecule has 0 radical (unpaired) electrons. The summed E-state index contributed by atoms with van der Waals surface area (Å²) >= 11 is 0. The number of nitrogens with one attached hydrogen (secondary N) is 2. The van der Waals surface area contributed by atoms with Crippen molar-refractivity contribution < 1.29 is 0 Å². The van der Waals surface area contributed by atoms with Crippen molar-refractivity contribution in [2.24, 2.45) is 0 Å². The predicted molar refractivity (Wildman–Crippen MR) is 103 cm³/mol. The maximum absolute atomic E-state index is 12.4. The van der Waals surface area contributed by atoms with E-state index in [-0.39, 0.29) is 5.43 Å². The maximum atomic E-state index is 12.4. The molecule has 0 aliphatic carbocycles. The second-order valence-corrected chi connectivity index (χ2v) is 6.94. The minimum absolute atomic E-state index is 0.0732. The Balaban J connectivity index is 1.44. The number of H-pyrrole nitrogens is 1. The highest BCUT2D eigenvalue weighted by Crippen LogP contribution is 2.17. The molecule has 3 heterocycles. The second kappa shape index (κ2) is 7.25. The Morgan fingerprint density at radius 3 is 3.08 bits per heavy atom. The van der Waals surface area contributed by atoms with Gasteiger partial charge < -0.3 is 15.2 Å². The van der Waals surface area contributed by atoms with E-state index >= 15 is 0 Å². The molecule has 1 aliphatic rings. The number of anilines is 1. The molecule has 26 heavy (non-hydrogen) atoms. The maximum Gasteiger partial charge on any atom is 0.189 e. The third kappa shape index (κ3) is 3.60. The average Bonchev–Trinajstić information content (AvgIpc) is 2.68. The lowest BCUT2D eigenvalue weighted by molar-refractivity contribution is 0.418. The first-order chi connectivity index (χ1) is 12.7. The SMILES string of the molecule is Cc1ccc2[nH]c(CN[C@H]3CCCN(c4cnccn4)C3)cc(=O)c2c1. The summed E-state index contributed by atoms with van der Waals surface area (Å²) in [6, 6.07) is 8.01.